The standard InChI is InChI=1S/C10H11IO5S/c1-7-6-8(17-16-15-13)2-3-9(7)10(12)14-5-4-11/h2-3,6,13H,4-5H2,1H3. The number of aryl methyl sites for hydroxylation is 1. The van der Waals surface area contributed by atoms with Gasteiger partial charge in [0, 0.05) is 9.32 Å². The Kier molecular flexibility index (Phi) is 6.82. The minimum Gasteiger partial charge on any atom is -0.461 e. The molecule has 1 aromatic carbocycles. The van der Waals surface area contributed by atoms with Gasteiger partial charge >= 0.3 is 5.97 Å². The van der Waals surface area contributed by atoms with Crippen molar-refractivity contribution in [3.8, 4) is 0 Å². The number of benzene rings is 1. The average molecular weight is 370 g/mol. The Hall–Kier alpha value is -0.350. The summed E-state index contributed by atoms with van der Waals surface area (Å²) in [5.74, 6) is -0.338. The lowest BCUT2D eigenvalue weighted by molar-refractivity contribution is -0.432. The molecule has 0 aliphatic heterocycles. The van der Waals surface area contributed by atoms with E-state index in [1.807, 2.05) is 0 Å². The molecule has 0 unspecified atom stereocenters. The zero-order chi connectivity index (χ0) is 12.7. The van der Waals surface area contributed by atoms with Gasteiger partial charge in [-0.15, -0.1) is 4.33 Å². The molecule has 94 valence electrons. The van der Waals surface area contributed by atoms with Gasteiger partial charge in [-0.2, -0.15) is 0 Å². The minimum atomic E-state index is -0.338. The highest BCUT2D eigenvalue weighted by Crippen LogP contribution is 2.22. The van der Waals surface area contributed by atoms with Crippen LogP contribution in [0.1, 0.15) is 15.9 Å². The van der Waals surface area contributed by atoms with Gasteiger partial charge in [0.15, 0.2) is 0 Å². The van der Waals surface area contributed by atoms with E-state index in [4.69, 9.17) is 9.99 Å². The Morgan fingerprint density at radius 1 is 1.53 bits per heavy atom. The predicted octanol–water partition coefficient (Wildman–Crippen LogP) is 3.02. The quantitative estimate of drug-likeness (QED) is 0.207. The molecular weight excluding hydrogens is 359 g/mol. The summed E-state index contributed by atoms with van der Waals surface area (Å²) in [6, 6.07) is 5.07. The summed E-state index contributed by atoms with van der Waals surface area (Å²) in [6.07, 6.45) is 0. The van der Waals surface area contributed by atoms with Crippen LogP contribution in [-0.2, 0) is 14.1 Å². The van der Waals surface area contributed by atoms with Crippen LogP contribution in [0.5, 0.6) is 0 Å². The molecule has 0 aromatic heterocycles. The average Bonchev–Trinajstić information content (AvgIpc) is 2.33. The summed E-state index contributed by atoms with van der Waals surface area (Å²) < 4.78 is 10.1. The van der Waals surface area contributed by atoms with Crippen molar-refractivity contribution in [2.75, 3.05) is 11.0 Å². The number of rotatable bonds is 6. The van der Waals surface area contributed by atoms with E-state index in [2.05, 4.69) is 32.0 Å². The third-order valence-corrected chi connectivity index (χ3v) is 2.90. The molecule has 0 aliphatic carbocycles. The molecule has 0 spiro atoms. The lowest BCUT2D eigenvalue weighted by Gasteiger charge is -2.07. The fraction of sp³-hybridized carbons (Fsp3) is 0.300. The fourth-order valence-corrected chi connectivity index (χ4v) is 1.86. The molecule has 7 heteroatoms. The van der Waals surface area contributed by atoms with Crippen molar-refractivity contribution in [3.63, 3.8) is 0 Å². The Labute approximate surface area is 117 Å². The number of hydrogen-bond donors (Lipinski definition) is 1. The first kappa shape index (κ1) is 14.7. The number of carbonyl (C=O) groups excluding carboxylic acids is 1. The van der Waals surface area contributed by atoms with Gasteiger partial charge in [0.1, 0.15) is 6.61 Å². The summed E-state index contributed by atoms with van der Waals surface area (Å²) >= 11 is 2.98. The second-order valence-electron chi connectivity index (χ2n) is 3.03. The second-order valence-corrected chi connectivity index (χ2v) is 4.88. The molecule has 1 N–H and O–H groups in total. The number of ether oxygens (including phenoxy) is 1. The molecule has 5 nitrogen and oxygen atoms in total. The van der Waals surface area contributed by atoms with E-state index in [1.165, 1.54) is 0 Å². The lowest BCUT2D eigenvalue weighted by Crippen LogP contribution is -2.08. The van der Waals surface area contributed by atoms with Crippen LogP contribution in [-0.4, -0.2) is 22.3 Å². The van der Waals surface area contributed by atoms with Gasteiger partial charge in [0.05, 0.1) is 17.6 Å². The van der Waals surface area contributed by atoms with Crippen molar-refractivity contribution in [1.29, 1.82) is 0 Å². The van der Waals surface area contributed by atoms with E-state index in [0.29, 0.717) is 17.1 Å². The van der Waals surface area contributed by atoms with Crippen LogP contribution in [0, 0.1) is 6.92 Å². The van der Waals surface area contributed by atoms with E-state index in [1.54, 1.807) is 25.1 Å². The highest BCUT2D eigenvalue weighted by molar-refractivity contribution is 14.1. The van der Waals surface area contributed by atoms with Gasteiger partial charge in [-0.25, -0.2) is 10.1 Å². The molecule has 0 amide bonds. The Balaban J connectivity index is 2.71. The van der Waals surface area contributed by atoms with E-state index in [9.17, 15) is 4.79 Å². The van der Waals surface area contributed by atoms with Crippen molar-refractivity contribution in [1.82, 2.24) is 0 Å². The normalized spacial score (nSPS) is 10.3. The van der Waals surface area contributed by atoms with E-state index >= 15 is 0 Å². The summed E-state index contributed by atoms with van der Waals surface area (Å²) in [5.41, 5.74) is 1.29. The first-order chi connectivity index (χ1) is 8.19. The molecule has 0 saturated heterocycles. The van der Waals surface area contributed by atoms with Crippen molar-refractivity contribution in [2.24, 2.45) is 0 Å². The first-order valence-electron chi connectivity index (χ1n) is 4.67. The number of hydrogen-bond acceptors (Lipinski definition) is 6. The Morgan fingerprint density at radius 3 is 2.88 bits per heavy atom. The summed E-state index contributed by atoms with van der Waals surface area (Å²) in [7, 11) is 0. The molecule has 0 saturated carbocycles. The van der Waals surface area contributed by atoms with Crippen molar-refractivity contribution >= 4 is 40.6 Å². The number of carbonyl (C=O) groups is 1. The van der Waals surface area contributed by atoms with Crippen LogP contribution in [0.2, 0.25) is 0 Å². The molecule has 0 aliphatic rings. The third-order valence-electron chi connectivity index (χ3n) is 1.89. The van der Waals surface area contributed by atoms with Crippen LogP contribution in [0.3, 0.4) is 0 Å². The molecule has 17 heavy (non-hydrogen) atoms. The van der Waals surface area contributed by atoms with Crippen LogP contribution in [0.15, 0.2) is 23.1 Å². The lowest BCUT2D eigenvalue weighted by atomic mass is 10.1. The van der Waals surface area contributed by atoms with Crippen LogP contribution in [0.4, 0.5) is 0 Å². The SMILES string of the molecule is Cc1cc(SOOO)ccc1C(=O)OCCI. The van der Waals surface area contributed by atoms with Gasteiger partial charge in [0.2, 0.25) is 0 Å². The van der Waals surface area contributed by atoms with Gasteiger partial charge in [-0.1, -0.05) is 27.6 Å². The van der Waals surface area contributed by atoms with Gasteiger partial charge in [0.25, 0.3) is 0 Å². The highest BCUT2D eigenvalue weighted by atomic mass is 127. The van der Waals surface area contributed by atoms with E-state index < -0.39 is 0 Å². The molecule has 0 fully saturated rings. The van der Waals surface area contributed by atoms with Crippen LogP contribution < -0.4 is 0 Å². The van der Waals surface area contributed by atoms with Crippen LogP contribution in [0.25, 0.3) is 0 Å². The molecule has 0 bridgehead atoms. The van der Waals surface area contributed by atoms with Crippen LogP contribution >= 0.6 is 34.6 Å². The Bertz CT molecular complexity index is 385. The molecule has 0 atom stereocenters. The number of esters is 1. The summed E-state index contributed by atoms with van der Waals surface area (Å²) in [6.45, 7) is 2.20. The molecular formula is C10H11IO5S. The first-order valence-corrected chi connectivity index (χ1v) is 6.94. The maximum Gasteiger partial charge on any atom is 0.338 e. The smallest absolute Gasteiger partial charge is 0.338 e. The zero-order valence-electron chi connectivity index (χ0n) is 9.01. The Morgan fingerprint density at radius 2 is 2.29 bits per heavy atom. The van der Waals surface area contributed by atoms with Gasteiger partial charge < -0.3 is 4.74 Å². The topological polar surface area (TPSA) is 65.0 Å². The molecule has 0 heterocycles. The molecule has 0 radical (unpaired) electrons. The van der Waals surface area contributed by atoms with Gasteiger partial charge in [-0.3, -0.25) is 0 Å². The van der Waals surface area contributed by atoms with Crippen molar-refractivity contribution in [3.05, 3.63) is 29.3 Å². The summed E-state index contributed by atoms with van der Waals surface area (Å²) in [4.78, 5) is 12.3. The second kappa shape index (κ2) is 7.88. The summed E-state index contributed by atoms with van der Waals surface area (Å²) in [5, 5.41) is 11.5. The maximum atomic E-state index is 11.6. The van der Waals surface area contributed by atoms with E-state index in [0.717, 1.165) is 22.0 Å². The highest BCUT2D eigenvalue weighted by Gasteiger charge is 2.11. The number of halogens is 1. The predicted molar refractivity (Wildman–Crippen MR) is 71.0 cm³/mol. The molecule has 1 aromatic rings. The third kappa shape index (κ3) is 4.80. The molecule has 1 rings (SSSR count). The largest absolute Gasteiger partial charge is 0.461 e. The van der Waals surface area contributed by atoms with Crippen molar-refractivity contribution in [2.45, 2.75) is 11.8 Å². The zero-order valence-corrected chi connectivity index (χ0v) is 12.0. The maximum absolute atomic E-state index is 11.6. The fourth-order valence-electron chi connectivity index (χ4n) is 1.18. The van der Waals surface area contributed by atoms with E-state index in [-0.39, 0.29) is 5.97 Å². The monoisotopic (exact) mass is 370 g/mol. The van der Waals surface area contributed by atoms with Crippen molar-refractivity contribution < 1.29 is 24.2 Å². The number of alkyl halides is 1. The van der Waals surface area contributed by atoms with Gasteiger partial charge in [-0.05, 0) is 30.7 Å². The minimum absolute atomic E-state index is 0.338.